The molecule has 4 nitrogen and oxygen atoms in total. The van der Waals surface area contributed by atoms with Gasteiger partial charge in [-0.1, -0.05) is 29.0 Å². The van der Waals surface area contributed by atoms with E-state index in [1.807, 2.05) is 32.0 Å². The molecule has 0 saturated carbocycles. The normalized spacial score (nSPS) is 17.1. The molecule has 1 aliphatic heterocycles. The molecule has 1 aromatic heterocycles. The number of thiazole rings is 1. The highest BCUT2D eigenvalue weighted by atomic mass is 32.1. The summed E-state index contributed by atoms with van der Waals surface area (Å²) in [5, 5.41) is 3.71. The molecule has 1 unspecified atom stereocenters. The summed E-state index contributed by atoms with van der Waals surface area (Å²) in [5.74, 6) is -0.0630. The van der Waals surface area contributed by atoms with Gasteiger partial charge in [0, 0.05) is 12.0 Å². The zero-order chi connectivity index (χ0) is 15.7. The van der Waals surface area contributed by atoms with Crippen molar-refractivity contribution in [3.63, 3.8) is 0 Å². The molecule has 1 atom stereocenters. The summed E-state index contributed by atoms with van der Waals surface area (Å²) < 4.78 is 0. The van der Waals surface area contributed by atoms with E-state index in [0.29, 0.717) is 0 Å². The second-order valence-corrected chi connectivity index (χ2v) is 7.03. The van der Waals surface area contributed by atoms with Crippen LogP contribution in [-0.4, -0.2) is 24.0 Å². The third kappa shape index (κ3) is 3.05. The molecular formula is C17H22N3OS+. The number of likely N-dealkylation sites (N-methyl/N-ethyl adjacent to an activating group) is 1. The predicted octanol–water partition coefficient (Wildman–Crippen LogP) is 1.97. The zero-order valence-corrected chi connectivity index (χ0v) is 14.1. The van der Waals surface area contributed by atoms with Crippen LogP contribution < -0.4 is 10.2 Å². The molecule has 22 heavy (non-hydrogen) atoms. The largest absolute Gasteiger partial charge is 0.330 e. The Morgan fingerprint density at radius 1 is 1.41 bits per heavy atom. The second-order valence-electron chi connectivity index (χ2n) is 5.94. The Morgan fingerprint density at radius 2 is 2.23 bits per heavy atom. The highest BCUT2D eigenvalue weighted by molar-refractivity contribution is 7.15. The molecule has 0 saturated heterocycles. The van der Waals surface area contributed by atoms with Crippen LogP contribution in [0.15, 0.2) is 18.2 Å². The summed E-state index contributed by atoms with van der Waals surface area (Å²) in [4.78, 5) is 20.0. The van der Waals surface area contributed by atoms with E-state index in [1.54, 1.807) is 16.2 Å². The molecule has 116 valence electrons. The lowest BCUT2D eigenvalue weighted by Crippen LogP contribution is -3.11. The number of nitrogens with one attached hydrogen (secondary N) is 2. The van der Waals surface area contributed by atoms with Gasteiger partial charge < -0.3 is 4.90 Å². The quantitative estimate of drug-likeness (QED) is 0.909. The van der Waals surface area contributed by atoms with E-state index in [4.69, 9.17) is 0 Å². The number of hydrogen-bond donors (Lipinski definition) is 2. The van der Waals surface area contributed by atoms with Crippen LogP contribution in [0.2, 0.25) is 0 Å². The molecule has 0 aliphatic carbocycles. The fourth-order valence-electron chi connectivity index (χ4n) is 2.83. The maximum absolute atomic E-state index is 12.5. The molecule has 0 spiro atoms. The number of anilines is 1. The summed E-state index contributed by atoms with van der Waals surface area (Å²) in [6.07, 6.45) is 1.01. The predicted molar refractivity (Wildman–Crippen MR) is 89.8 cm³/mol. The number of carbonyl (C=O) groups is 1. The Labute approximate surface area is 135 Å². The van der Waals surface area contributed by atoms with E-state index in [2.05, 4.69) is 17.2 Å². The monoisotopic (exact) mass is 316 g/mol. The van der Waals surface area contributed by atoms with Gasteiger partial charge in [-0.05, 0) is 32.4 Å². The van der Waals surface area contributed by atoms with E-state index in [0.717, 1.165) is 47.9 Å². The van der Waals surface area contributed by atoms with Gasteiger partial charge in [0.15, 0.2) is 5.13 Å². The number of hydrogen-bond acceptors (Lipinski definition) is 3. The molecule has 1 aliphatic rings. The third-order valence-corrected chi connectivity index (χ3v) is 5.28. The maximum Gasteiger partial charge on any atom is 0.257 e. The van der Waals surface area contributed by atoms with Crippen molar-refractivity contribution in [1.29, 1.82) is 0 Å². The van der Waals surface area contributed by atoms with Crippen molar-refractivity contribution in [2.24, 2.45) is 0 Å². The van der Waals surface area contributed by atoms with Crippen molar-refractivity contribution in [3.05, 3.63) is 45.5 Å². The van der Waals surface area contributed by atoms with Crippen molar-refractivity contribution < 1.29 is 9.69 Å². The average molecular weight is 316 g/mol. The lowest BCUT2D eigenvalue weighted by atomic mass is 10.1. The van der Waals surface area contributed by atoms with Crippen molar-refractivity contribution in [2.75, 3.05) is 18.4 Å². The van der Waals surface area contributed by atoms with Gasteiger partial charge in [-0.3, -0.25) is 10.1 Å². The van der Waals surface area contributed by atoms with Crippen LogP contribution in [-0.2, 0) is 13.0 Å². The minimum atomic E-state index is -0.0630. The Morgan fingerprint density at radius 3 is 3.00 bits per heavy atom. The molecule has 1 aromatic carbocycles. The standard InChI is InChI=1S/C17H21N3OS/c1-4-20-8-7-14-15(10-20)22-17(18-14)19-16(21)13-9-11(2)5-6-12(13)3/h5-6,9H,4,7-8,10H2,1-3H3,(H,18,19,21)/p+1. The number of aryl methyl sites for hydroxylation is 2. The molecule has 3 rings (SSSR count). The first-order valence-corrected chi connectivity index (χ1v) is 8.59. The van der Waals surface area contributed by atoms with Gasteiger partial charge in [0.2, 0.25) is 0 Å². The summed E-state index contributed by atoms with van der Waals surface area (Å²) in [5.41, 5.74) is 3.98. The molecule has 2 heterocycles. The van der Waals surface area contributed by atoms with Gasteiger partial charge in [-0.15, -0.1) is 0 Å². The van der Waals surface area contributed by atoms with Gasteiger partial charge in [-0.25, -0.2) is 4.98 Å². The first-order valence-electron chi connectivity index (χ1n) is 7.77. The molecule has 2 N–H and O–H groups in total. The minimum Gasteiger partial charge on any atom is -0.330 e. The van der Waals surface area contributed by atoms with Crippen molar-refractivity contribution >= 4 is 22.4 Å². The van der Waals surface area contributed by atoms with Gasteiger partial charge in [-0.2, -0.15) is 0 Å². The van der Waals surface area contributed by atoms with E-state index in [1.165, 1.54) is 10.6 Å². The number of rotatable bonds is 3. The topological polar surface area (TPSA) is 46.4 Å². The molecular weight excluding hydrogens is 294 g/mol. The van der Waals surface area contributed by atoms with Crippen LogP contribution >= 0.6 is 11.3 Å². The molecule has 0 fully saturated rings. The highest BCUT2D eigenvalue weighted by Gasteiger charge is 2.23. The fraction of sp³-hybridized carbons (Fsp3) is 0.412. The second kappa shape index (κ2) is 6.18. The van der Waals surface area contributed by atoms with Crippen LogP contribution in [0.4, 0.5) is 5.13 Å². The Balaban J connectivity index is 1.78. The van der Waals surface area contributed by atoms with Gasteiger partial charge in [0.1, 0.15) is 6.54 Å². The molecule has 2 aromatic rings. The van der Waals surface area contributed by atoms with Gasteiger partial charge in [0.25, 0.3) is 5.91 Å². The number of nitrogens with zero attached hydrogens (tertiary/aromatic N) is 1. The summed E-state index contributed by atoms with van der Waals surface area (Å²) in [6.45, 7) is 9.48. The SMILES string of the molecule is CC[NH+]1CCc2nc(NC(=O)c3cc(C)ccc3C)sc2C1. The van der Waals surface area contributed by atoms with Crippen molar-refractivity contribution in [3.8, 4) is 0 Å². The number of carbonyl (C=O) groups excluding carboxylic acids is 1. The average Bonchev–Trinajstić information content (AvgIpc) is 2.90. The molecule has 5 heteroatoms. The maximum atomic E-state index is 12.5. The number of benzene rings is 1. The molecule has 1 amide bonds. The number of aromatic nitrogens is 1. The Hall–Kier alpha value is -1.72. The van der Waals surface area contributed by atoms with Gasteiger partial charge >= 0.3 is 0 Å². The van der Waals surface area contributed by atoms with Crippen LogP contribution in [0.1, 0.15) is 39.0 Å². The van der Waals surface area contributed by atoms with Crippen LogP contribution in [0.3, 0.4) is 0 Å². The lowest BCUT2D eigenvalue weighted by molar-refractivity contribution is -0.913. The lowest BCUT2D eigenvalue weighted by Gasteiger charge is -2.20. The fourth-order valence-corrected chi connectivity index (χ4v) is 3.90. The van der Waals surface area contributed by atoms with Crippen molar-refractivity contribution in [2.45, 2.75) is 33.7 Å². The third-order valence-electron chi connectivity index (χ3n) is 4.26. The Bertz CT molecular complexity index is 708. The minimum absolute atomic E-state index is 0.0630. The van der Waals surface area contributed by atoms with E-state index < -0.39 is 0 Å². The summed E-state index contributed by atoms with van der Waals surface area (Å²) in [7, 11) is 0. The van der Waals surface area contributed by atoms with E-state index in [9.17, 15) is 4.79 Å². The van der Waals surface area contributed by atoms with E-state index in [-0.39, 0.29) is 5.91 Å². The Kier molecular flexibility index (Phi) is 4.27. The van der Waals surface area contributed by atoms with E-state index >= 15 is 0 Å². The summed E-state index contributed by atoms with van der Waals surface area (Å²) >= 11 is 1.62. The number of amides is 1. The van der Waals surface area contributed by atoms with Crippen LogP contribution in [0.25, 0.3) is 0 Å². The van der Waals surface area contributed by atoms with Crippen LogP contribution in [0.5, 0.6) is 0 Å². The number of quaternary nitrogens is 1. The number of fused-ring (bicyclic) bond motifs is 1. The molecule has 0 bridgehead atoms. The summed E-state index contributed by atoms with van der Waals surface area (Å²) in [6, 6.07) is 5.94. The zero-order valence-electron chi connectivity index (χ0n) is 13.3. The molecule has 0 radical (unpaired) electrons. The van der Waals surface area contributed by atoms with Crippen molar-refractivity contribution in [1.82, 2.24) is 4.98 Å². The first-order chi connectivity index (χ1) is 10.6. The smallest absolute Gasteiger partial charge is 0.257 e. The highest BCUT2D eigenvalue weighted by Crippen LogP contribution is 2.25. The van der Waals surface area contributed by atoms with Gasteiger partial charge in [0.05, 0.1) is 23.7 Å². The van der Waals surface area contributed by atoms with Crippen LogP contribution in [0, 0.1) is 13.8 Å². The first kappa shape index (κ1) is 15.2.